The highest BCUT2D eigenvalue weighted by Crippen LogP contribution is 2.57. The van der Waals surface area contributed by atoms with E-state index in [9.17, 15) is 126 Å². The number of phenolic OH excluding ortho intramolecular Hbond substituents is 2. The fraction of sp³-hybridized carbons (Fsp3) is 0.476. The van der Waals surface area contributed by atoms with Crippen LogP contribution in [0.4, 0.5) is 0 Å². The fourth-order valence-electron chi connectivity index (χ4n) is 13.4. The van der Waals surface area contributed by atoms with E-state index >= 15 is 0 Å². The van der Waals surface area contributed by atoms with Crippen LogP contribution in [0.3, 0.4) is 0 Å². The summed E-state index contributed by atoms with van der Waals surface area (Å²) < 4.78 is 12.1. The van der Waals surface area contributed by atoms with Crippen molar-refractivity contribution in [2.45, 2.75) is 217 Å². The molecule has 50 nitrogen and oxygen atoms in total. The van der Waals surface area contributed by atoms with Crippen LogP contribution in [0.1, 0.15) is 170 Å². The summed E-state index contributed by atoms with van der Waals surface area (Å²) in [6.07, 6.45) is -2.15. The standard InChI is InChI=1S/C82H110N22O28/c1-10-36(4)65(78(127)102-55(30-59(84)108)76(125)100-51(20-23-62(111)112)73(122)94-38(6)67(116)90-33-61(110)97-53(79(128)129)12-11-25-88-81(85)86)104-74(123)52(21-24-63(113)114)98-69(118)39(7)92-60(109)32-89-66(115)37(5)93-68(117)40(8)96-75(124)54(27-43-31-87-34-91-43)101-77(126)64(35(2)3)103-70(119)41(9)95-72(121)50(19-22-58(83)107)99-71(120)42-13-16-47-46(26-42)80(130)132-82(47)48-17-14-44(105)28-56(48)131-57-29-45(106)15-18-49(57)82/h13-18,26,28-29,31,34-41,50-55,64-65,105-106H,10-12,19-25,27,30,32-33H2,1-9H3,(H2,83,107)(H2,84,108)(H,87,91)(H,89,115)(H,90,116)(H,92,109)(H,93,117)(H,94,122)(H,95,121)(H,96,124)(H,97,110)(H,98,118)(H,99,120)(H,100,125)(H,101,126)(H,102,127)(H,103,119)(H,104,123)(H,111,112)(H,113,114)(H,128,129)(H4,85,86,88)/t36-,37-,38-,39-,40-,41-,50-,51-,52-,53-,54-,55-,64-,65-/m0/s1. The third-order valence-electron chi connectivity index (χ3n) is 20.8. The third-order valence-corrected chi connectivity index (χ3v) is 20.8. The molecule has 50 heteroatoms. The van der Waals surface area contributed by atoms with Gasteiger partial charge in [-0.1, -0.05) is 40.2 Å². The number of hydrogen-bond donors (Lipinski definition) is 26. The molecule has 1 spiro atoms. The Bertz CT molecular complexity index is 4990. The molecule has 716 valence electrons. The molecule has 29 N–H and O–H groups in total. The van der Waals surface area contributed by atoms with Crippen molar-refractivity contribution in [3.05, 3.63) is 101 Å². The van der Waals surface area contributed by atoms with Gasteiger partial charge in [-0.3, -0.25) is 96.5 Å². The summed E-state index contributed by atoms with van der Waals surface area (Å²) >= 11 is 0. The van der Waals surface area contributed by atoms with E-state index in [0.29, 0.717) is 11.1 Å². The maximum atomic E-state index is 14.2. The number of aromatic nitrogens is 2. The van der Waals surface area contributed by atoms with Crippen LogP contribution < -0.4 is 107 Å². The third kappa shape index (κ3) is 30.6. The number of nitrogens with zero attached hydrogens (tertiary/aromatic N) is 1. The van der Waals surface area contributed by atoms with Crippen molar-refractivity contribution in [2.75, 3.05) is 19.6 Å². The lowest BCUT2D eigenvalue weighted by molar-refractivity contribution is -0.142. The molecule has 6 rings (SSSR count). The summed E-state index contributed by atoms with van der Waals surface area (Å²) in [4.78, 5) is 286. The Morgan fingerprint density at radius 2 is 0.902 bits per heavy atom. The van der Waals surface area contributed by atoms with Crippen LogP contribution in [-0.4, -0.2) is 264 Å². The van der Waals surface area contributed by atoms with E-state index < -0.39 is 272 Å². The fourth-order valence-corrected chi connectivity index (χ4v) is 13.4. The Kier molecular flexibility index (Phi) is 38.7. The number of primary amides is 2. The first-order valence-electron chi connectivity index (χ1n) is 41.5. The smallest absolute Gasteiger partial charge is 0.340 e. The Labute approximate surface area is 752 Å². The number of carboxylic acid groups (broad SMARTS) is 3. The van der Waals surface area contributed by atoms with Crippen LogP contribution in [0.5, 0.6) is 23.0 Å². The zero-order chi connectivity index (χ0) is 98.5. The minimum absolute atomic E-state index is 0.0780. The van der Waals surface area contributed by atoms with Gasteiger partial charge in [0.05, 0.1) is 37.1 Å². The lowest BCUT2D eigenvalue weighted by Gasteiger charge is -2.36. The quantitative estimate of drug-likeness (QED) is 0.00846. The van der Waals surface area contributed by atoms with E-state index in [1.165, 1.54) is 94.8 Å². The monoisotopic (exact) mass is 1850 g/mol. The number of benzene rings is 3. The molecule has 3 heterocycles. The summed E-state index contributed by atoms with van der Waals surface area (Å²) in [6, 6.07) is -8.38. The first kappa shape index (κ1) is 105. The van der Waals surface area contributed by atoms with Gasteiger partial charge in [0.25, 0.3) is 5.91 Å². The second-order valence-corrected chi connectivity index (χ2v) is 31.6. The number of ether oxygens (including phenoxy) is 2. The summed E-state index contributed by atoms with van der Waals surface area (Å²) in [5.74, 6) is -25.2. The number of amides is 17. The summed E-state index contributed by atoms with van der Waals surface area (Å²) in [5.41, 5.74) is 15.3. The summed E-state index contributed by atoms with van der Waals surface area (Å²) in [6.45, 7) is 10.5. The number of rotatable bonds is 51. The van der Waals surface area contributed by atoms with Gasteiger partial charge in [-0.25, -0.2) is 14.6 Å². The number of fused-ring (bicyclic) bond motifs is 6. The van der Waals surface area contributed by atoms with Crippen LogP contribution in [0.2, 0.25) is 0 Å². The molecule has 0 saturated heterocycles. The van der Waals surface area contributed by atoms with Crippen LogP contribution in [-0.2, 0) is 108 Å². The Morgan fingerprint density at radius 1 is 0.462 bits per heavy atom. The highest BCUT2D eigenvalue weighted by atomic mass is 16.6. The van der Waals surface area contributed by atoms with Gasteiger partial charge in [-0.05, 0) is 115 Å². The van der Waals surface area contributed by atoms with Crippen LogP contribution in [0.15, 0.2) is 67.1 Å². The first-order valence-corrected chi connectivity index (χ1v) is 41.5. The molecule has 0 aliphatic carbocycles. The van der Waals surface area contributed by atoms with Gasteiger partial charge < -0.3 is 142 Å². The number of H-pyrrole nitrogens is 1. The zero-order valence-corrected chi connectivity index (χ0v) is 73.2. The van der Waals surface area contributed by atoms with Gasteiger partial charge in [0.1, 0.15) is 102 Å². The zero-order valence-electron chi connectivity index (χ0n) is 73.2. The molecule has 1 aromatic heterocycles. The molecule has 2 aliphatic rings. The number of nitrogens with two attached hydrogens (primary N) is 3. The van der Waals surface area contributed by atoms with E-state index in [1.807, 2.05) is 0 Å². The van der Waals surface area contributed by atoms with E-state index in [-0.39, 0.29) is 90.0 Å². The Morgan fingerprint density at radius 3 is 1.40 bits per heavy atom. The number of esters is 1. The van der Waals surface area contributed by atoms with Crippen molar-refractivity contribution in [3.8, 4) is 23.0 Å². The largest absolute Gasteiger partial charge is 0.508 e. The lowest BCUT2D eigenvalue weighted by atomic mass is 9.77. The average Bonchev–Trinajstić information content (AvgIpc) is 1.53. The predicted molar refractivity (Wildman–Crippen MR) is 456 cm³/mol. The number of guanidine groups is 1. The number of hydrogen-bond acceptors (Lipinski definition) is 27. The maximum absolute atomic E-state index is 14.2. The Balaban J connectivity index is 1.01. The van der Waals surface area contributed by atoms with Gasteiger partial charge in [-0.2, -0.15) is 0 Å². The number of aromatic hydroxyl groups is 2. The number of carboxylic acids is 3. The molecular formula is C82H110N22O28. The molecule has 2 aliphatic heterocycles. The molecule has 0 radical (unpaired) electrons. The number of imidazole rings is 1. The van der Waals surface area contributed by atoms with Crippen LogP contribution >= 0.6 is 0 Å². The van der Waals surface area contributed by atoms with Gasteiger partial charge in [0.2, 0.25) is 94.5 Å². The van der Waals surface area contributed by atoms with Gasteiger partial charge in [0, 0.05) is 72.8 Å². The SMILES string of the molecule is CC[C@H](C)[C@H](NC(=O)[C@H](CCC(=O)O)NC(=O)[C@H](C)NC(=O)CNC(=O)[C@H](C)NC(=O)[C@H](C)NC(=O)[C@H](Cc1c[nH]cn1)NC(=O)[C@@H](NC(=O)[C@H](C)NC(=O)[C@H](CCC(N)=O)NC(=O)c1ccc2c(c1)C(=O)OC21c2ccc(O)cc2Oc2cc(O)ccc21)C(C)C)C(=O)N[C@@H](CC(N)=O)C(=O)N[C@@H](CCC(=O)O)C(=O)N[C@@H](C)C(=O)NCC(=O)N[C@@H](CCCNC(=N)N)C(=O)O. The molecule has 0 unspecified atom stereocenters. The predicted octanol–water partition coefficient (Wildman–Crippen LogP) is -6.20. The normalized spacial score (nSPS) is 15.1. The summed E-state index contributed by atoms with van der Waals surface area (Å²) in [5, 5.41) is 94.1. The molecule has 17 amide bonds. The number of carbonyl (C=O) groups is 21. The molecule has 0 bridgehead atoms. The van der Waals surface area contributed by atoms with Crippen molar-refractivity contribution >= 4 is 130 Å². The van der Waals surface area contributed by atoms with Crippen molar-refractivity contribution in [3.63, 3.8) is 0 Å². The van der Waals surface area contributed by atoms with Gasteiger partial charge >= 0.3 is 23.9 Å². The second-order valence-electron chi connectivity index (χ2n) is 31.6. The van der Waals surface area contributed by atoms with E-state index in [2.05, 4.69) is 95.0 Å². The van der Waals surface area contributed by atoms with Gasteiger partial charge in [-0.15, -0.1) is 0 Å². The second kappa shape index (κ2) is 48.5. The number of aromatic amines is 1. The first-order chi connectivity index (χ1) is 62.0. The number of aliphatic carboxylic acids is 3. The molecule has 4 aromatic rings. The number of nitrogens with one attached hydrogen (secondary N) is 18. The number of phenols is 2. The minimum Gasteiger partial charge on any atom is -0.508 e. The number of carbonyl (C=O) groups excluding carboxylic acids is 18. The van der Waals surface area contributed by atoms with Crippen LogP contribution in [0.25, 0.3) is 0 Å². The molecule has 3 aromatic carbocycles. The molecule has 14 atom stereocenters. The molecular weight excluding hydrogens is 1740 g/mol. The molecule has 0 saturated carbocycles. The highest BCUT2D eigenvalue weighted by Gasteiger charge is 2.54. The van der Waals surface area contributed by atoms with E-state index in [4.69, 9.17) is 32.1 Å². The van der Waals surface area contributed by atoms with E-state index in [0.717, 1.165) is 13.8 Å². The molecule has 132 heavy (non-hydrogen) atoms. The van der Waals surface area contributed by atoms with Crippen molar-refractivity contribution in [1.29, 1.82) is 5.41 Å². The minimum atomic E-state index is -1.97. The van der Waals surface area contributed by atoms with Crippen LogP contribution in [0, 0.1) is 17.2 Å². The Hall–Kier alpha value is -15.6. The maximum Gasteiger partial charge on any atom is 0.340 e. The van der Waals surface area contributed by atoms with Crippen molar-refractivity contribution < 1.29 is 136 Å². The summed E-state index contributed by atoms with van der Waals surface area (Å²) in [7, 11) is 0. The topological polar surface area (TPSA) is 801 Å². The van der Waals surface area contributed by atoms with E-state index in [1.54, 1.807) is 20.8 Å². The van der Waals surface area contributed by atoms with Gasteiger partial charge in [0.15, 0.2) is 11.6 Å². The molecule has 0 fully saturated rings. The van der Waals surface area contributed by atoms with Crippen molar-refractivity contribution in [1.82, 2.24) is 95.0 Å². The average molecular weight is 1850 g/mol. The van der Waals surface area contributed by atoms with Crippen molar-refractivity contribution in [2.24, 2.45) is 29.0 Å². The highest BCUT2D eigenvalue weighted by molar-refractivity contribution is 6.05. The lowest BCUT2D eigenvalue weighted by Crippen LogP contribution is -2.61.